The van der Waals surface area contributed by atoms with Gasteiger partial charge < -0.3 is 4.74 Å². The van der Waals surface area contributed by atoms with Crippen LogP contribution in [0.25, 0.3) is 0 Å². The summed E-state index contributed by atoms with van der Waals surface area (Å²) in [5, 5.41) is 7.16. The van der Waals surface area contributed by atoms with Crippen molar-refractivity contribution in [3.05, 3.63) is 41.7 Å². The number of hydrogen-bond donors (Lipinski definition) is 1. The van der Waals surface area contributed by atoms with Crippen LogP contribution in [0.2, 0.25) is 0 Å². The van der Waals surface area contributed by atoms with Gasteiger partial charge in [-0.15, -0.1) is 0 Å². The average molecular weight is 287 g/mol. The highest BCUT2D eigenvalue weighted by atomic mass is 16.5. The van der Waals surface area contributed by atoms with Gasteiger partial charge in [-0.1, -0.05) is 0 Å². The third-order valence-electron chi connectivity index (χ3n) is 3.91. The number of nitrogens with one attached hydrogen (secondary N) is 1. The number of piperidine rings is 1. The summed E-state index contributed by atoms with van der Waals surface area (Å²) in [6.45, 7) is 3.55. The van der Waals surface area contributed by atoms with Crippen molar-refractivity contribution < 1.29 is 4.74 Å². The Labute approximate surface area is 124 Å². The summed E-state index contributed by atoms with van der Waals surface area (Å²) in [7, 11) is 1.65. The van der Waals surface area contributed by atoms with Crippen LogP contribution >= 0.6 is 0 Å². The molecule has 0 aromatic carbocycles. The minimum Gasteiger partial charge on any atom is -0.377 e. The van der Waals surface area contributed by atoms with Gasteiger partial charge in [0.05, 0.1) is 0 Å². The standard InChI is InChI=1S/C15H21N5O/c1-21-11-15-16-7-12(8-17-15)9-20-6-2-3-13(10-20)14-4-5-18-19-14/h4-5,7-8,13H,2-3,6,9-11H2,1H3,(H,18,19)/t13-/m1/s1. The fourth-order valence-corrected chi connectivity index (χ4v) is 2.87. The molecular formula is C15H21N5O. The van der Waals surface area contributed by atoms with Gasteiger partial charge in [-0.05, 0) is 25.5 Å². The van der Waals surface area contributed by atoms with E-state index in [9.17, 15) is 0 Å². The lowest BCUT2D eigenvalue weighted by Gasteiger charge is -2.32. The highest BCUT2D eigenvalue weighted by Gasteiger charge is 2.22. The zero-order valence-electron chi connectivity index (χ0n) is 12.3. The molecule has 0 radical (unpaired) electrons. The van der Waals surface area contributed by atoms with Crippen LogP contribution in [0, 0.1) is 0 Å². The Morgan fingerprint density at radius 1 is 1.38 bits per heavy atom. The first-order chi connectivity index (χ1) is 10.3. The van der Waals surface area contributed by atoms with Gasteiger partial charge >= 0.3 is 0 Å². The van der Waals surface area contributed by atoms with Crippen molar-refractivity contribution in [1.29, 1.82) is 0 Å². The quantitative estimate of drug-likeness (QED) is 0.907. The third kappa shape index (κ3) is 3.65. The van der Waals surface area contributed by atoms with Crippen LogP contribution in [-0.4, -0.2) is 45.3 Å². The van der Waals surface area contributed by atoms with Crippen molar-refractivity contribution in [2.45, 2.75) is 31.9 Å². The molecule has 0 saturated carbocycles. The molecule has 1 aliphatic rings. The smallest absolute Gasteiger partial charge is 0.153 e. The maximum atomic E-state index is 5.03. The van der Waals surface area contributed by atoms with Crippen molar-refractivity contribution in [2.75, 3.05) is 20.2 Å². The zero-order valence-corrected chi connectivity index (χ0v) is 12.3. The molecule has 0 aliphatic carbocycles. The maximum Gasteiger partial charge on any atom is 0.153 e. The zero-order chi connectivity index (χ0) is 14.5. The Morgan fingerprint density at radius 2 is 2.24 bits per heavy atom. The van der Waals surface area contributed by atoms with Gasteiger partial charge in [-0.2, -0.15) is 5.10 Å². The molecule has 1 N–H and O–H groups in total. The molecule has 2 aromatic heterocycles. The van der Waals surface area contributed by atoms with Crippen molar-refractivity contribution in [3.8, 4) is 0 Å². The van der Waals surface area contributed by atoms with Gasteiger partial charge in [-0.25, -0.2) is 9.97 Å². The number of rotatable bonds is 5. The minimum atomic E-state index is 0.464. The van der Waals surface area contributed by atoms with E-state index in [1.165, 1.54) is 18.5 Å². The Bertz CT molecular complexity index is 540. The van der Waals surface area contributed by atoms with Gasteiger partial charge in [-0.3, -0.25) is 10.00 Å². The summed E-state index contributed by atoms with van der Waals surface area (Å²) in [6.07, 6.45) is 8.08. The molecule has 21 heavy (non-hydrogen) atoms. The lowest BCUT2D eigenvalue weighted by molar-refractivity contribution is 0.177. The summed E-state index contributed by atoms with van der Waals surface area (Å²) in [5.74, 6) is 1.28. The minimum absolute atomic E-state index is 0.464. The van der Waals surface area contributed by atoms with Crippen LogP contribution in [0.3, 0.4) is 0 Å². The first-order valence-corrected chi connectivity index (χ1v) is 7.35. The summed E-state index contributed by atoms with van der Waals surface area (Å²) < 4.78 is 5.03. The summed E-state index contributed by atoms with van der Waals surface area (Å²) in [4.78, 5) is 11.1. The normalized spacial score (nSPS) is 19.8. The number of methoxy groups -OCH3 is 1. The van der Waals surface area contributed by atoms with E-state index < -0.39 is 0 Å². The van der Waals surface area contributed by atoms with E-state index in [4.69, 9.17) is 4.74 Å². The average Bonchev–Trinajstić information content (AvgIpc) is 3.04. The van der Waals surface area contributed by atoms with Crippen molar-refractivity contribution in [1.82, 2.24) is 25.1 Å². The largest absolute Gasteiger partial charge is 0.377 e. The number of hydrogen-bond acceptors (Lipinski definition) is 5. The van der Waals surface area contributed by atoms with Crippen molar-refractivity contribution in [3.63, 3.8) is 0 Å². The highest BCUT2D eigenvalue weighted by Crippen LogP contribution is 2.25. The van der Waals surface area contributed by atoms with Gasteiger partial charge in [0.1, 0.15) is 6.61 Å². The van der Waals surface area contributed by atoms with Crippen LogP contribution in [0.1, 0.15) is 35.8 Å². The molecule has 2 aromatic rings. The van der Waals surface area contributed by atoms with Crippen molar-refractivity contribution in [2.24, 2.45) is 0 Å². The van der Waals surface area contributed by atoms with Crippen LogP contribution < -0.4 is 0 Å². The Kier molecular flexibility index (Phi) is 4.57. The second kappa shape index (κ2) is 6.78. The number of aromatic nitrogens is 4. The van der Waals surface area contributed by atoms with Gasteiger partial charge in [0.2, 0.25) is 0 Å². The second-order valence-corrected chi connectivity index (χ2v) is 5.53. The Hall–Kier alpha value is -1.79. The summed E-state index contributed by atoms with van der Waals surface area (Å²) in [5.41, 5.74) is 2.39. The van der Waals surface area contributed by atoms with Crippen LogP contribution in [0.15, 0.2) is 24.7 Å². The molecular weight excluding hydrogens is 266 g/mol. The first-order valence-electron chi connectivity index (χ1n) is 7.35. The molecule has 1 atom stereocenters. The molecule has 3 heterocycles. The van der Waals surface area contributed by atoms with E-state index in [0.717, 1.165) is 31.0 Å². The van der Waals surface area contributed by atoms with Gasteiger partial charge in [0.25, 0.3) is 0 Å². The molecule has 1 fully saturated rings. The number of aromatic amines is 1. The third-order valence-corrected chi connectivity index (χ3v) is 3.91. The van der Waals surface area contributed by atoms with Gasteiger partial charge in [0, 0.05) is 56.0 Å². The molecule has 1 saturated heterocycles. The maximum absolute atomic E-state index is 5.03. The lowest BCUT2D eigenvalue weighted by atomic mass is 9.95. The molecule has 0 unspecified atom stereocenters. The Morgan fingerprint density at radius 3 is 2.95 bits per heavy atom. The Balaban J connectivity index is 1.59. The molecule has 0 amide bonds. The molecule has 1 aliphatic heterocycles. The topological polar surface area (TPSA) is 66.9 Å². The SMILES string of the molecule is COCc1ncc(CN2CCC[C@@H](c3ccn[nH]3)C2)cn1. The molecule has 0 spiro atoms. The second-order valence-electron chi connectivity index (χ2n) is 5.53. The predicted octanol–water partition coefficient (Wildman–Crippen LogP) is 1.73. The molecule has 6 nitrogen and oxygen atoms in total. The predicted molar refractivity (Wildman–Crippen MR) is 78.6 cm³/mol. The van der Waals surface area contributed by atoms with E-state index in [-0.39, 0.29) is 0 Å². The van der Waals surface area contributed by atoms with Crippen molar-refractivity contribution >= 4 is 0 Å². The number of ether oxygens (including phenoxy) is 1. The fraction of sp³-hybridized carbons (Fsp3) is 0.533. The van der Waals surface area contributed by atoms with E-state index in [0.29, 0.717) is 12.5 Å². The van der Waals surface area contributed by atoms with Crippen LogP contribution in [0.5, 0.6) is 0 Å². The number of H-pyrrole nitrogens is 1. The monoisotopic (exact) mass is 287 g/mol. The first kappa shape index (κ1) is 14.2. The van der Waals surface area contributed by atoms with Crippen LogP contribution in [-0.2, 0) is 17.9 Å². The molecule has 112 valence electrons. The lowest BCUT2D eigenvalue weighted by Crippen LogP contribution is -2.34. The number of likely N-dealkylation sites (tertiary alicyclic amines) is 1. The number of nitrogens with zero attached hydrogens (tertiary/aromatic N) is 4. The van der Waals surface area contributed by atoms with E-state index in [2.05, 4.69) is 31.1 Å². The van der Waals surface area contributed by atoms with E-state index >= 15 is 0 Å². The molecule has 6 heteroatoms. The summed E-state index contributed by atoms with van der Waals surface area (Å²) >= 11 is 0. The van der Waals surface area contributed by atoms with Crippen LogP contribution in [0.4, 0.5) is 0 Å². The highest BCUT2D eigenvalue weighted by molar-refractivity contribution is 5.09. The summed E-state index contributed by atoms with van der Waals surface area (Å²) in [6, 6.07) is 2.08. The van der Waals surface area contributed by atoms with Gasteiger partial charge in [0.15, 0.2) is 5.82 Å². The van der Waals surface area contributed by atoms with E-state index in [1.54, 1.807) is 7.11 Å². The van der Waals surface area contributed by atoms with E-state index in [1.807, 2.05) is 18.6 Å². The molecule has 0 bridgehead atoms. The fourth-order valence-electron chi connectivity index (χ4n) is 2.87. The molecule has 3 rings (SSSR count).